The Hall–Kier alpha value is -2.91. The largest absolute Gasteiger partial charge is 0.573 e. The van der Waals surface area contributed by atoms with E-state index in [4.69, 9.17) is 23.2 Å². The third kappa shape index (κ3) is 5.57. The summed E-state index contributed by atoms with van der Waals surface area (Å²) >= 11 is 13.1. The fourth-order valence-electron chi connectivity index (χ4n) is 4.68. The molecule has 0 bridgehead atoms. The minimum atomic E-state index is -4.80. The number of nitrogens with zero attached hydrogens (tertiary/aromatic N) is 2. The van der Waals surface area contributed by atoms with Gasteiger partial charge in [-0.25, -0.2) is 0 Å². The summed E-state index contributed by atoms with van der Waals surface area (Å²) in [5, 5.41) is 10.4. The van der Waals surface area contributed by atoms with Crippen molar-refractivity contribution in [3.8, 4) is 5.75 Å². The van der Waals surface area contributed by atoms with Crippen LogP contribution in [0.2, 0.25) is 10.0 Å². The van der Waals surface area contributed by atoms with E-state index in [1.807, 2.05) is 0 Å². The van der Waals surface area contributed by atoms with Crippen molar-refractivity contribution in [2.45, 2.75) is 44.5 Å². The molecule has 1 saturated heterocycles. The van der Waals surface area contributed by atoms with Crippen molar-refractivity contribution in [2.75, 3.05) is 6.54 Å². The molecule has 0 saturated carbocycles. The van der Waals surface area contributed by atoms with Crippen LogP contribution in [-0.4, -0.2) is 45.4 Å². The highest BCUT2D eigenvalue weighted by atomic mass is 35.5. The van der Waals surface area contributed by atoms with E-state index in [1.165, 1.54) is 24.3 Å². The fourth-order valence-corrected chi connectivity index (χ4v) is 5.26. The maximum absolute atomic E-state index is 13.4. The third-order valence-corrected chi connectivity index (χ3v) is 7.21. The number of aliphatic carboxylic acids is 1. The van der Waals surface area contributed by atoms with Crippen molar-refractivity contribution in [2.24, 2.45) is 7.05 Å². The zero-order valence-electron chi connectivity index (χ0n) is 19.2. The summed E-state index contributed by atoms with van der Waals surface area (Å²) < 4.78 is 43.6. The molecular formula is C25H23Cl2F3N2O4. The summed E-state index contributed by atoms with van der Waals surface area (Å²) in [7, 11) is 1.70. The lowest BCUT2D eigenvalue weighted by Gasteiger charge is -2.35. The lowest BCUT2D eigenvalue weighted by Crippen LogP contribution is -2.44. The summed E-state index contributed by atoms with van der Waals surface area (Å²) in [6, 6.07) is 8.57. The Morgan fingerprint density at radius 2 is 1.89 bits per heavy atom. The number of carbonyl (C=O) groups excluding carboxylic acids is 1. The molecule has 0 spiro atoms. The van der Waals surface area contributed by atoms with E-state index in [0.29, 0.717) is 40.1 Å². The van der Waals surface area contributed by atoms with Gasteiger partial charge in [-0.15, -0.1) is 13.2 Å². The van der Waals surface area contributed by atoms with Gasteiger partial charge in [-0.2, -0.15) is 0 Å². The lowest BCUT2D eigenvalue weighted by molar-refractivity contribution is -0.274. The van der Waals surface area contributed by atoms with Gasteiger partial charge in [-0.3, -0.25) is 9.59 Å². The summed E-state index contributed by atoms with van der Waals surface area (Å²) in [5.74, 6) is -1.65. The number of aryl methyl sites for hydroxylation is 1. The molecule has 36 heavy (non-hydrogen) atoms. The standard InChI is InChI=1S/C25H23Cl2F3N2O4/c1-31-16(10-14-5-6-17(13-21(14)31)36-25(28,29)30)11-19-20(26)8-7-18(23(19)27)24(35)32-9-3-2-4-15(32)12-22(33)34/h5-8,10,13,15H,2-4,9,11-12H2,1H3,(H,33,34). The van der Waals surface area contributed by atoms with Gasteiger partial charge < -0.3 is 19.3 Å². The molecule has 1 aliphatic heterocycles. The van der Waals surface area contributed by atoms with Crippen LogP contribution in [0.15, 0.2) is 36.4 Å². The number of ether oxygens (including phenoxy) is 1. The molecule has 1 fully saturated rings. The van der Waals surface area contributed by atoms with Crippen molar-refractivity contribution in [1.29, 1.82) is 0 Å². The fraction of sp³-hybridized carbons (Fsp3) is 0.360. The van der Waals surface area contributed by atoms with Crippen molar-refractivity contribution < 1.29 is 32.6 Å². The molecule has 4 rings (SSSR count). The number of carboxylic acids is 1. The first-order chi connectivity index (χ1) is 16.9. The average Bonchev–Trinajstić information content (AvgIpc) is 3.10. The van der Waals surface area contributed by atoms with Crippen molar-refractivity contribution in [1.82, 2.24) is 9.47 Å². The highest BCUT2D eigenvalue weighted by Gasteiger charge is 2.32. The zero-order valence-corrected chi connectivity index (χ0v) is 20.8. The molecule has 3 aromatic rings. The molecule has 1 aliphatic rings. The number of rotatable bonds is 6. The number of carboxylic acid groups (broad SMARTS) is 1. The molecular weight excluding hydrogens is 520 g/mol. The summed E-state index contributed by atoms with van der Waals surface area (Å²) in [5.41, 5.74) is 1.96. The molecule has 6 nitrogen and oxygen atoms in total. The molecule has 0 radical (unpaired) electrons. The first-order valence-corrected chi connectivity index (χ1v) is 12.0. The first-order valence-electron chi connectivity index (χ1n) is 11.3. The maximum Gasteiger partial charge on any atom is 0.573 e. The van der Waals surface area contributed by atoms with Gasteiger partial charge >= 0.3 is 12.3 Å². The number of piperidine rings is 1. The number of likely N-dealkylation sites (tertiary alicyclic amines) is 1. The average molecular weight is 543 g/mol. The molecule has 2 aromatic carbocycles. The summed E-state index contributed by atoms with van der Waals surface area (Å²) in [6.45, 7) is 0.441. The van der Waals surface area contributed by atoms with E-state index in [1.54, 1.807) is 28.6 Å². The van der Waals surface area contributed by atoms with Gasteiger partial charge in [0, 0.05) is 48.2 Å². The number of halogens is 5. The predicted octanol–water partition coefficient (Wildman–Crippen LogP) is 6.44. The van der Waals surface area contributed by atoms with E-state index in [9.17, 15) is 27.9 Å². The SMILES string of the molecule is Cn1c(Cc2c(Cl)ccc(C(=O)N3CCCCC3CC(=O)O)c2Cl)cc2ccc(OC(F)(F)F)cc21. The molecule has 1 amide bonds. The third-order valence-electron chi connectivity index (χ3n) is 6.42. The predicted molar refractivity (Wildman–Crippen MR) is 130 cm³/mol. The molecule has 1 aromatic heterocycles. The maximum atomic E-state index is 13.4. The van der Waals surface area contributed by atoms with Gasteiger partial charge in [-0.05, 0) is 55.2 Å². The van der Waals surface area contributed by atoms with Crippen molar-refractivity contribution >= 4 is 46.0 Å². The van der Waals surface area contributed by atoms with Gasteiger partial charge in [0.1, 0.15) is 5.75 Å². The molecule has 192 valence electrons. The molecule has 1 N–H and O–H groups in total. The normalized spacial score (nSPS) is 16.4. The smallest absolute Gasteiger partial charge is 0.481 e. The number of hydrogen-bond donors (Lipinski definition) is 1. The van der Waals surface area contributed by atoms with Gasteiger partial charge in [0.25, 0.3) is 5.91 Å². The summed E-state index contributed by atoms with van der Waals surface area (Å²) in [6.07, 6.45) is -2.49. The first kappa shape index (κ1) is 26.2. The number of amides is 1. The van der Waals surface area contributed by atoms with Crippen molar-refractivity contribution in [3.63, 3.8) is 0 Å². The van der Waals surface area contributed by atoms with E-state index in [2.05, 4.69) is 4.74 Å². The van der Waals surface area contributed by atoms with Crippen LogP contribution in [0.25, 0.3) is 10.9 Å². The van der Waals surface area contributed by atoms with Crippen LogP contribution < -0.4 is 4.74 Å². The monoisotopic (exact) mass is 542 g/mol. The second-order valence-corrected chi connectivity index (χ2v) is 9.56. The quantitative estimate of drug-likeness (QED) is 0.388. The number of benzene rings is 2. The lowest BCUT2D eigenvalue weighted by atomic mass is 9.97. The van der Waals surface area contributed by atoms with Crippen LogP contribution in [0.5, 0.6) is 5.75 Å². The van der Waals surface area contributed by atoms with Crippen LogP contribution in [0.3, 0.4) is 0 Å². The van der Waals surface area contributed by atoms with Gasteiger partial charge in [0.05, 0.1) is 22.5 Å². The van der Waals surface area contributed by atoms with Crippen LogP contribution in [0, 0.1) is 0 Å². The molecule has 2 heterocycles. The highest BCUT2D eigenvalue weighted by Crippen LogP contribution is 2.34. The Balaban J connectivity index is 1.65. The van der Waals surface area contributed by atoms with Gasteiger partial charge in [-0.1, -0.05) is 23.2 Å². The van der Waals surface area contributed by atoms with Crippen LogP contribution in [-0.2, 0) is 18.3 Å². The number of aromatic nitrogens is 1. The Morgan fingerprint density at radius 3 is 2.58 bits per heavy atom. The Labute approximate surface area is 215 Å². The van der Waals surface area contributed by atoms with E-state index in [-0.39, 0.29) is 35.1 Å². The zero-order chi connectivity index (χ0) is 26.2. The molecule has 1 unspecified atom stereocenters. The Morgan fingerprint density at radius 1 is 1.14 bits per heavy atom. The second kappa shape index (κ2) is 10.2. The summed E-state index contributed by atoms with van der Waals surface area (Å²) in [4.78, 5) is 26.2. The Bertz CT molecular complexity index is 1320. The number of fused-ring (bicyclic) bond motifs is 1. The number of alkyl halides is 3. The van der Waals surface area contributed by atoms with Crippen LogP contribution in [0.1, 0.15) is 47.3 Å². The Kier molecular flexibility index (Phi) is 7.43. The van der Waals surface area contributed by atoms with Gasteiger partial charge in [0.2, 0.25) is 0 Å². The van der Waals surface area contributed by atoms with Crippen LogP contribution in [0.4, 0.5) is 13.2 Å². The topological polar surface area (TPSA) is 71.8 Å². The van der Waals surface area contributed by atoms with E-state index in [0.717, 1.165) is 12.8 Å². The minimum Gasteiger partial charge on any atom is -0.481 e. The second-order valence-electron chi connectivity index (χ2n) is 8.77. The minimum absolute atomic E-state index is 0.139. The number of hydrogen-bond acceptors (Lipinski definition) is 3. The van der Waals surface area contributed by atoms with Crippen molar-refractivity contribution in [3.05, 3.63) is 63.3 Å². The van der Waals surface area contributed by atoms with E-state index < -0.39 is 18.4 Å². The van der Waals surface area contributed by atoms with Gasteiger partial charge in [0.15, 0.2) is 0 Å². The number of carbonyl (C=O) groups is 2. The molecule has 11 heteroatoms. The highest BCUT2D eigenvalue weighted by molar-refractivity contribution is 6.38. The molecule has 0 aliphatic carbocycles. The molecule has 1 atom stereocenters. The van der Waals surface area contributed by atoms with E-state index >= 15 is 0 Å². The van der Waals surface area contributed by atoms with Crippen LogP contribution >= 0.6 is 23.2 Å².